The molecule has 8 nitrogen and oxygen atoms in total. The number of hydrogen-bond donors (Lipinski definition) is 2. The number of benzene rings is 3. The smallest absolute Gasteiger partial charge is 0.328 e. The molecule has 2 N–H and O–H groups in total. The second kappa shape index (κ2) is 17.5. The third-order valence-electron chi connectivity index (χ3n) is 4.46. The highest BCUT2D eigenvalue weighted by Gasteiger charge is 2.13. The number of rotatable bonds is 7. The fourth-order valence-electron chi connectivity index (χ4n) is 2.85. The number of nitrogens with zero attached hydrogens (tertiary/aromatic N) is 3. The summed E-state index contributed by atoms with van der Waals surface area (Å²) in [5.41, 5.74) is 1.68. The highest BCUT2D eigenvalue weighted by molar-refractivity contribution is 7.98. The highest BCUT2D eigenvalue weighted by Crippen LogP contribution is 2.36. The molecule has 0 amide bonds. The minimum Gasteiger partial charge on any atom is -0.478 e. The Morgan fingerprint density at radius 3 is 1.98 bits per heavy atom. The first-order valence-corrected chi connectivity index (χ1v) is 13.1. The first-order chi connectivity index (χ1) is 18.9. The van der Waals surface area contributed by atoms with Crippen LogP contribution in [0.1, 0.15) is 16.7 Å². The summed E-state index contributed by atoms with van der Waals surface area (Å²) in [5.74, 6) is -1.87. The van der Waals surface area contributed by atoms with E-state index in [0.29, 0.717) is 33.5 Å². The molecule has 3 aromatic carbocycles. The van der Waals surface area contributed by atoms with Crippen molar-refractivity contribution >= 4 is 46.9 Å². The number of nitriles is 2. The monoisotopic (exact) mass is 603 g/mol. The van der Waals surface area contributed by atoms with Gasteiger partial charge in [-0.05, 0) is 62.3 Å². The molecule has 0 fully saturated rings. The van der Waals surface area contributed by atoms with Gasteiger partial charge in [-0.1, -0.05) is 35.3 Å². The minimum atomic E-state index is -1.26. The zero-order valence-electron chi connectivity index (χ0n) is 21.6. The SMILES string of the molecule is CSc1c(CN(C)C)cccc1Oc1cc(Cl)ccc1C#N.N#Cc1ccc(Cl)cc1F.O=C(O)/C=C/C(=O)O. The molecular weight excluding hydrogens is 580 g/mol. The molecule has 12 heteroatoms. The number of halogens is 3. The van der Waals surface area contributed by atoms with Gasteiger partial charge >= 0.3 is 11.9 Å². The Morgan fingerprint density at radius 1 is 0.950 bits per heavy atom. The zero-order valence-corrected chi connectivity index (χ0v) is 23.9. The third kappa shape index (κ3) is 12.2. The molecule has 0 radical (unpaired) electrons. The lowest BCUT2D eigenvalue weighted by molar-refractivity contribution is -0.134. The van der Waals surface area contributed by atoms with Gasteiger partial charge in [-0.25, -0.2) is 14.0 Å². The molecule has 0 aliphatic heterocycles. The van der Waals surface area contributed by atoms with E-state index in [2.05, 4.69) is 17.0 Å². The van der Waals surface area contributed by atoms with Crippen LogP contribution in [0, 0.1) is 28.5 Å². The number of carbonyl (C=O) groups is 2. The lowest BCUT2D eigenvalue weighted by Crippen LogP contribution is -2.11. The van der Waals surface area contributed by atoms with Crippen molar-refractivity contribution in [1.82, 2.24) is 4.90 Å². The van der Waals surface area contributed by atoms with Gasteiger partial charge in [-0.2, -0.15) is 10.5 Å². The van der Waals surface area contributed by atoms with Crippen LogP contribution in [-0.2, 0) is 16.1 Å². The van der Waals surface area contributed by atoms with E-state index in [9.17, 15) is 19.2 Å². The normalized spacial score (nSPS) is 9.93. The number of carboxylic acids is 2. The largest absolute Gasteiger partial charge is 0.478 e. The van der Waals surface area contributed by atoms with Gasteiger partial charge in [-0.3, -0.25) is 0 Å². The number of thioether (sulfide) groups is 1. The van der Waals surface area contributed by atoms with Gasteiger partial charge < -0.3 is 19.8 Å². The Labute approximate surface area is 245 Å². The van der Waals surface area contributed by atoms with E-state index < -0.39 is 17.8 Å². The standard InChI is InChI=1S/C17H17ClN2OS.C7H3ClFN.C4H4O4/c1-20(2)11-13-5-4-6-15(17(13)22-3)21-16-9-14(18)8-7-12(16)10-19;8-6-2-1-5(4-10)7(9)3-6;5-3(6)1-2-4(7)8/h4-9H,11H2,1-3H3;1-3H;1-2H,(H,5,6)(H,7,8)/b;;2-1+. The van der Waals surface area contributed by atoms with E-state index in [-0.39, 0.29) is 5.56 Å². The topological polar surface area (TPSA) is 135 Å². The first-order valence-electron chi connectivity index (χ1n) is 11.1. The van der Waals surface area contributed by atoms with Crippen LogP contribution in [0.15, 0.2) is 71.6 Å². The second-order valence-electron chi connectivity index (χ2n) is 7.79. The molecule has 0 atom stereocenters. The van der Waals surface area contributed by atoms with Crippen molar-refractivity contribution in [2.75, 3.05) is 20.4 Å². The van der Waals surface area contributed by atoms with Gasteiger partial charge in [0.15, 0.2) is 0 Å². The summed E-state index contributed by atoms with van der Waals surface area (Å²) in [5, 5.41) is 34.0. The quantitative estimate of drug-likeness (QED) is 0.219. The summed E-state index contributed by atoms with van der Waals surface area (Å²) in [6.45, 7) is 0.827. The molecule has 0 aromatic heterocycles. The number of aliphatic carboxylic acids is 2. The van der Waals surface area contributed by atoms with Crippen molar-refractivity contribution in [3.63, 3.8) is 0 Å². The first kappa shape index (κ1) is 34.0. The fourth-order valence-corrected chi connectivity index (χ4v) is 3.88. The molecule has 0 bridgehead atoms. The Kier molecular flexibility index (Phi) is 14.9. The van der Waals surface area contributed by atoms with Gasteiger partial charge in [0.05, 0.1) is 16.0 Å². The molecule has 0 saturated heterocycles. The van der Waals surface area contributed by atoms with Gasteiger partial charge in [0.25, 0.3) is 0 Å². The van der Waals surface area contributed by atoms with Crippen LogP contribution in [0.4, 0.5) is 4.39 Å². The Bertz CT molecular complexity index is 1440. The molecule has 3 aromatic rings. The van der Waals surface area contributed by atoms with Crippen LogP contribution >= 0.6 is 35.0 Å². The summed E-state index contributed by atoms with van der Waals surface area (Å²) in [7, 11) is 4.06. The maximum atomic E-state index is 12.5. The molecule has 208 valence electrons. The zero-order chi connectivity index (χ0) is 30.2. The summed E-state index contributed by atoms with van der Waals surface area (Å²) >= 11 is 13.1. The maximum Gasteiger partial charge on any atom is 0.328 e. The Morgan fingerprint density at radius 2 is 1.50 bits per heavy atom. The Balaban J connectivity index is 0.000000366. The van der Waals surface area contributed by atoms with Crippen molar-refractivity contribution in [3.05, 3.63) is 99.3 Å². The van der Waals surface area contributed by atoms with Crippen molar-refractivity contribution in [2.45, 2.75) is 11.4 Å². The van der Waals surface area contributed by atoms with Gasteiger partial charge in [0, 0.05) is 34.8 Å². The molecule has 0 aliphatic carbocycles. The van der Waals surface area contributed by atoms with Crippen LogP contribution in [0.5, 0.6) is 11.5 Å². The van der Waals surface area contributed by atoms with E-state index >= 15 is 0 Å². The van der Waals surface area contributed by atoms with Crippen molar-refractivity contribution < 1.29 is 28.9 Å². The van der Waals surface area contributed by atoms with Crippen molar-refractivity contribution in [3.8, 4) is 23.6 Å². The summed E-state index contributed by atoms with van der Waals surface area (Å²) < 4.78 is 18.5. The van der Waals surface area contributed by atoms with E-state index in [1.807, 2.05) is 32.5 Å². The van der Waals surface area contributed by atoms with E-state index in [0.717, 1.165) is 23.3 Å². The predicted octanol–water partition coefficient (Wildman–Crippen LogP) is 6.85. The molecule has 0 saturated carbocycles. The molecule has 40 heavy (non-hydrogen) atoms. The van der Waals surface area contributed by atoms with E-state index in [1.54, 1.807) is 36.0 Å². The molecular formula is C28H24Cl2FN3O5S. The van der Waals surface area contributed by atoms with Crippen molar-refractivity contribution in [1.29, 1.82) is 10.5 Å². The lowest BCUT2D eigenvalue weighted by atomic mass is 10.2. The summed E-state index contributed by atoms with van der Waals surface area (Å²) in [4.78, 5) is 22.3. The molecule has 0 spiro atoms. The third-order valence-corrected chi connectivity index (χ3v) is 5.80. The number of hydrogen-bond acceptors (Lipinski definition) is 7. The van der Waals surface area contributed by atoms with Gasteiger partial charge in [0.2, 0.25) is 0 Å². The lowest BCUT2D eigenvalue weighted by Gasteiger charge is -2.17. The second-order valence-corrected chi connectivity index (χ2v) is 9.48. The van der Waals surface area contributed by atoms with Gasteiger partial charge in [0.1, 0.15) is 29.5 Å². The van der Waals surface area contributed by atoms with E-state index in [4.69, 9.17) is 43.4 Å². The Hall–Kier alpha value is -4.06. The molecule has 0 unspecified atom stereocenters. The van der Waals surface area contributed by atoms with Crippen LogP contribution in [-0.4, -0.2) is 47.4 Å². The minimum absolute atomic E-state index is 0.0180. The fraction of sp³-hybridized carbons (Fsp3) is 0.143. The van der Waals surface area contributed by atoms with Crippen LogP contribution in [0.3, 0.4) is 0 Å². The van der Waals surface area contributed by atoms with E-state index in [1.165, 1.54) is 17.7 Å². The molecule has 3 rings (SSSR count). The molecule has 0 aliphatic rings. The average Bonchev–Trinajstić information content (AvgIpc) is 2.88. The van der Waals surface area contributed by atoms with Gasteiger partial charge in [-0.15, -0.1) is 11.8 Å². The van der Waals surface area contributed by atoms with Crippen molar-refractivity contribution in [2.24, 2.45) is 0 Å². The predicted molar refractivity (Wildman–Crippen MR) is 152 cm³/mol. The maximum absolute atomic E-state index is 12.5. The van der Waals surface area contributed by atoms with Crippen LogP contribution in [0.2, 0.25) is 10.0 Å². The summed E-state index contributed by atoms with van der Waals surface area (Å²) in [6.07, 6.45) is 3.13. The van der Waals surface area contributed by atoms with Crippen LogP contribution < -0.4 is 4.74 Å². The number of ether oxygens (including phenoxy) is 1. The molecule has 0 heterocycles. The average molecular weight is 604 g/mol. The highest BCUT2D eigenvalue weighted by atomic mass is 35.5. The number of carboxylic acid groups (broad SMARTS) is 2. The summed E-state index contributed by atoms with van der Waals surface area (Å²) in [6, 6.07) is 18.7. The van der Waals surface area contributed by atoms with Crippen LogP contribution in [0.25, 0.3) is 0 Å².